The fraction of sp³-hybridized carbons (Fsp3) is 0.600. The highest BCUT2D eigenvalue weighted by Gasteiger charge is 2.32. The minimum absolute atomic E-state index is 0.0141. The summed E-state index contributed by atoms with van der Waals surface area (Å²) in [5.74, 6) is 0.957. The maximum atomic E-state index is 9.52. The summed E-state index contributed by atoms with van der Waals surface area (Å²) >= 11 is 0. The first-order valence-electron chi connectivity index (χ1n) is 5.50. The Bertz CT molecular complexity index is 372. The smallest absolute Gasteiger partial charge is 0.223 e. The van der Waals surface area contributed by atoms with Crippen molar-refractivity contribution in [1.82, 2.24) is 9.97 Å². The predicted octanol–water partition coefficient (Wildman–Crippen LogP) is -0.406. The van der Waals surface area contributed by atoms with E-state index in [9.17, 15) is 5.11 Å². The second-order valence-electron chi connectivity index (χ2n) is 4.21. The fourth-order valence-electron chi connectivity index (χ4n) is 1.91. The van der Waals surface area contributed by atoms with Gasteiger partial charge >= 0.3 is 0 Å². The van der Waals surface area contributed by atoms with E-state index in [2.05, 4.69) is 15.3 Å². The Morgan fingerprint density at radius 1 is 1.35 bits per heavy atom. The van der Waals surface area contributed by atoms with Gasteiger partial charge in [-0.15, -0.1) is 0 Å². The molecule has 2 rings (SSSR count). The van der Waals surface area contributed by atoms with Gasteiger partial charge in [0.1, 0.15) is 11.6 Å². The third kappa shape index (κ3) is 2.75. The molecule has 0 aliphatic carbocycles. The molecule has 0 atom stereocenters. The SMILES string of the molecule is Nc1cc(NC2(CO)CCOCC2)nc(N)n1. The summed E-state index contributed by atoms with van der Waals surface area (Å²) in [4.78, 5) is 7.84. The van der Waals surface area contributed by atoms with Crippen molar-refractivity contribution < 1.29 is 9.84 Å². The minimum Gasteiger partial charge on any atom is -0.394 e. The lowest BCUT2D eigenvalue weighted by Gasteiger charge is -2.36. The molecule has 0 spiro atoms. The summed E-state index contributed by atoms with van der Waals surface area (Å²) < 4.78 is 5.28. The van der Waals surface area contributed by atoms with Gasteiger partial charge in [-0.05, 0) is 12.8 Å². The predicted molar refractivity (Wildman–Crippen MR) is 64.3 cm³/mol. The first kappa shape index (κ1) is 11.9. The zero-order valence-electron chi connectivity index (χ0n) is 9.52. The van der Waals surface area contributed by atoms with Crippen molar-refractivity contribution in [3.63, 3.8) is 0 Å². The molecule has 0 bridgehead atoms. The van der Waals surface area contributed by atoms with Gasteiger partial charge in [-0.25, -0.2) is 0 Å². The topological polar surface area (TPSA) is 119 Å². The normalized spacial score (nSPS) is 18.9. The second-order valence-corrected chi connectivity index (χ2v) is 4.21. The van der Waals surface area contributed by atoms with E-state index in [1.165, 1.54) is 0 Å². The number of nitrogens with two attached hydrogens (primary N) is 2. The van der Waals surface area contributed by atoms with Crippen LogP contribution in [-0.2, 0) is 4.74 Å². The van der Waals surface area contributed by atoms with Gasteiger partial charge in [0.2, 0.25) is 5.95 Å². The Morgan fingerprint density at radius 3 is 2.65 bits per heavy atom. The van der Waals surface area contributed by atoms with Crippen molar-refractivity contribution in [3.8, 4) is 0 Å². The maximum absolute atomic E-state index is 9.52. The molecular formula is C10H17N5O2. The van der Waals surface area contributed by atoms with E-state index in [4.69, 9.17) is 16.2 Å². The average molecular weight is 239 g/mol. The average Bonchev–Trinajstić information content (AvgIpc) is 2.29. The highest BCUT2D eigenvalue weighted by Crippen LogP contribution is 2.25. The molecule has 2 heterocycles. The monoisotopic (exact) mass is 239 g/mol. The molecule has 1 fully saturated rings. The quantitative estimate of drug-likeness (QED) is 0.566. The zero-order chi connectivity index (χ0) is 12.3. The highest BCUT2D eigenvalue weighted by molar-refractivity contribution is 5.50. The van der Waals surface area contributed by atoms with E-state index in [-0.39, 0.29) is 12.6 Å². The van der Waals surface area contributed by atoms with Crippen LogP contribution in [0.3, 0.4) is 0 Å². The summed E-state index contributed by atoms with van der Waals surface area (Å²) in [5.41, 5.74) is 10.7. The Labute approximate surface area is 99.2 Å². The lowest BCUT2D eigenvalue weighted by Crippen LogP contribution is -2.47. The van der Waals surface area contributed by atoms with Gasteiger partial charge in [0.15, 0.2) is 0 Å². The summed E-state index contributed by atoms with van der Waals surface area (Å²) in [7, 11) is 0. The first-order valence-corrected chi connectivity index (χ1v) is 5.50. The molecule has 17 heavy (non-hydrogen) atoms. The molecule has 0 radical (unpaired) electrons. The second kappa shape index (κ2) is 4.72. The number of ether oxygens (including phenoxy) is 1. The van der Waals surface area contributed by atoms with E-state index in [1.807, 2.05) is 0 Å². The number of rotatable bonds is 3. The van der Waals surface area contributed by atoms with Crippen molar-refractivity contribution in [2.24, 2.45) is 0 Å². The Hall–Kier alpha value is -1.60. The molecule has 1 aliphatic rings. The number of nitrogens with zero attached hydrogens (tertiary/aromatic N) is 2. The summed E-state index contributed by atoms with van der Waals surface area (Å²) in [5, 5.41) is 12.7. The van der Waals surface area contributed by atoms with Crippen LogP contribution in [0.4, 0.5) is 17.6 Å². The van der Waals surface area contributed by atoms with E-state index < -0.39 is 5.54 Å². The van der Waals surface area contributed by atoms with Gasteiger partial charge in [0.05, 0.1) is 12.1 Å². The molecule has 1 saturated heterocycles. The number of hydrogen-bond donors (Lipinski definition) is 4. The van der Waals surface area contributed by atoms with Gasteiger partial charge in [-0.3, -0.25) is 0 Å². The molecule has 0 saturated carbocycles. The summed E-state index contributed by atoms with van der Waals surface area (Å²) in [6, 6.07) is 1.60. The molecule has 0 unspecified atom stereocenters. The number of nitrogen functional groups attached to an aromatic ring is 2. The van der Waals surface area contributed by atoms with Crippen LogP contribution in [0.25, 0.3) is 0 Å². The molecule has 6 N–H and O–H groups in total. The van der Waals surface area contributed by atoms with Crippen LogP contribution in [0.2, 0.25) is 0 Å². The van der Waals surface area contributed by atoms with Crippen molar-refractivity contribution in [2.45, 2.75) is 18.4 Å². The summed E-state index contributed by atoms with van der Waals surface area (Å²) in [6.45, 7) is 1.24. The molecule has 7 nitrogen and oxygen atoms in total. The minimum atomic E-state index is -0.411. The van der Waals surface area contributed by atoms with Crippen LogP contribution < -0.4 is 16.8 Å². The number of aliphatic hydroxyl groups excluding tert-OH is 1. The van der Waals surface area contributed by atoms with Gasteiger partial charge in [0, 0.05) is 19.3 Å². The van der Waals surface area contributed by atoms with E-state index in [1.54, 1.807) is 6.07 Å². The molecule has 7 heteroatoms. The van der Waals surface area contributed by atoms with Crippen molar-refractivity contribution in [1.29, 1.82) is 0 Å². The molecule has 0 amide bonds. The van der Waals surface area contributed by atoms with Crippen LogP contribution in [0, 0.1) is 0 Å². The largest absolute Gasteiger partial charge is 0.394 e. The Morgan fingerprint density at radius 2 is 2.06 bits per heavy atom. The van der Waals surface area contributed by atoms with E-state index >= 15 is 0 Å². The number of hydrogen-bond acceptors (Lipinski definition) is 7. The van der Waals surface area contributed by atoms with Crippen molar-refractivity contribution in [3.05, 3.63) is 6.07 Å². The standard InChI is InChI=1S/C10H17N5O2/c11-7-5-8(14-9(12)13-7)15-10(6-16)1-3-17-4-2-10/h5,16H,1-4,6H2,(H5,11,12,13,14,15). The molecule has 94 valence electrons. The van der Waals surface area contributed by atoms with Crippen molar-refractivity contribution in [2.75, 3.05) is 36.6 Å². The van der Waals surface area contributed by atoms with Gasteiger partial charge in [0.25, 0.3) is 0 Å². The third-order valence-electron chi connectivity index (χ3n) is 2.91. The van der Waals surface area contributed by atoms with Crippen LogP contribution in [0.15, 0.2) is 6.07 Å². The Balaban J connectivity index is 2.17. The van der Waals surface area contributed by atoms with Crippen LogP contribution in [0.5, 0.6) is 0 Å². The molecule has 1 aromatic heterocycles. The number of aliphatic hydroxyl groups is 1. The van der Waals surface area contributed by atoms with Gasteiger partial charge in [-0.2, -0.15) is 9.97 Å². The summed E-state index contributed by atoms with van der Waals surface area (Å²) in [6.07, 6.45) is 1.43. The Kier molecular flexibility index (Phi) is 3.30. The molecule has 0 aromatic carbocycles. The molecule has 1 aliphatic heterocycles. The number of anilines is 3. The number of nitrogens with one attached hydrogen (secondary N) is 1. The maximum Gasteiger partial charge on any atom is 0.223 e. The van der Waals surface area contributed by atoms with E-state index in [0.29, 0.717) is 37.7 Å². The van der Waals surface area contributed by atoms with Gasteiger partial charge in [-0.1, -0.05) is 0 Å². The van der Waals surface area contributed by atoms with Crippen molar-refractivity contribution >= 4 is 17.6 Å². The van der Waals surface area contributed by atoms with Crippen LogP contribution in [0.1, 0.15) is 12.8 Å². The highest BCUT2D eigenvalue weighted by atomic mass is 16.5. The lowest BCUT2D eigenvalue weighted by molar-refractivity contribution is 0.0378. The van der Waals surface area contributed by atoms with Gasteiger partial charge < -0.3 is 26.6 Å². The third-order valence-corrected chi connectivity index (χ3v) is 2.91. The molecule has 1 aromatic rings. The zero-order valence-corrected chi connectivity index (χ0v) is 9.52. The van der Waals surface area contributed by atoms with E-state index in [0.717, 1.165) is 0 Å². The van der Waals surface area contributed by atoms with Crippen LogP contribution >= 0.6 is 0 Å². The van der Waals surface area contributed by atoms with Crippen LogP contribution in [-0.4, -0.2) is 40.4 Å². The fourth-order valence-corrected chi connectivity index (χ4v) is 1.91. The molecular weight excluding hydrogens is 222 g/mol. The number of aromatic nitrogens is 2. The lowest BCUT2D eigenvalue weighted by atomic mass is 9.91. The first-order chi connectivity index (χ1) is 8.13.